The van der Waals surface area contributed by atoms with Gasteiger partial charge in [0.05, 0.1) is 6.61 Å². The first-order valence-corrected chi connectivity index (χ1v) is 4.32. The van der Waals surface area contributed by atoms with E-state index >= 15 is 0 Å². The highest BCUT2D eigenvalue weighted by atomic mass is 16.5. The molecule has 1 saturated heterocycles. The van der Waals surface area contributed by atoms with Crippen LogP contribution < -0.4 is 5.73 Å². The molecule has 3 N–H and O–H groups in total. The summed E-state index contributed by atoms with van der Waals surface area (Å²) in [4.78, 5) is 1.91. The van der Waals surface area contributed by atoms with E-state index in [0.717, 1.165) is 26.1 Å². The quantitative estimate of drug-likeness (QED) is 0.462. The van der Waals surface area contributed by atoms with Gasteiger partial charge in [-0.25, -0.2) is 0 Å². The fourth-order valence-corrected chi connectivity index (χ4v) is 1.66. The fourth-order valence-electron chi connectivity index (χ4n) is 1.66. The highest BCUT2D eigenvalue weighted by Gasteiger charge is 2.19. The van der Waals surface area contributed by atoms with E-state index in [-0.39, 0.29) is 5.96 Å². The number of hydrogen-bond acceptors (Lipinski definition) is 2. The zero-order chi connectivity index (χ0) is 8.97. The first kappa shape index (κ1) is 9.32. The zero-order valence-corrected chi connectivity index (χ0v) is 7.55. The van der Waals surface area contributed by atoms with Crippen molar-refractivity contribution in [2.24, 2.45) is 11.7 Å². The van der Waals surface area contributed by atoms with E-state index in [0.29, 0.717) is 5.92 Å². The predicted molar refractivity (Wildman–Crippen MR) is 48.1 cm³/mol. The number of methoxy groups -OCH3 is 1. The molecule has 1 fully saturated rings. The van der Waals surface area contributed by atoms with Crippen LogP contribution in [0.4, 0.5) is 0 Å². The highest BCUT2D eigenvalue weighted by molar-refractivity contribution is 5.74. The monoisotopic (exact) mass is 171 g/mol. The van der Waals surface area contributed by atoms with Crippen LogP contribution in [0.25, 0.3) is 0 Å². The molecule has 0 aromatic rings. The Morgan fingerprint density at radius 3 is 3.08 bits per heavy atom. The van der Waals surface area contributed by atoms with Gasteiger partial charge in [-0.1, -0.05) is 0 Å². The smallest absolute Gasteiger partial charge is 0.188 e. The number of piperidine rings is 1. The fraction of sp³-hybridized carbons (Fsp3) is 0.875. The maximum Gasteiger partial charge on any atom is 0.188 e. The number of likely N-dealkylation sites (tertiary alicyclic amines) is 1. The third-order valence-corrected chi connectivity index (χ3v) is 2.26. The molecule has 12 heavy (non-hydrogen) atoms. The van der Waals surface area contributed by atoms with E-state index in [1.54, 1.807) is 7.11 Å². The van der Waals surface area contributed by atoms with Crippen LogP contribution >= 0.6 is 0 Å². The Hall–Kier alpha value is -0.770. The number of guanidine groups is 1. The summed E-state index contributed by atoms with van der Waals surface area (Å²) in [6, 6.07) is 0. The summed E-state index contributed by atoms with van der Waals surface area (Å²) in [5, 5.41) is 7.27. The number of nitrogens with one attached hydrogen (secondary N) is 1. The molecule has 1 heterocycles. The first-order valence-electron chi connectivity index (χ1n) is 4.32. The van der Waals surface area contributed by atoms with Crippen molar-refractivity contribution in [2.45, 2.75) is 12.8 Å². The predicted octanol–water partition coefficient (Wildman–Crippen LogP) is 0.238. The van der Waals surface area contributed by atoms with Crippen LogP contribution in [0.1, 0.15) is 12.8 Å². The molecule has 0 aliphatic carbocycles. The van der Waals surface area contributed by atoms with Gasteiger partial charge in [-0.3, -0.25) is 5.41 Å². The molecule has 0 spiro atoms. The lowest BCUT2D eigenvalue weighted by molar-refractivity contribution is 0.115. The Balaban J connectivity index is 2.35. The minimum atomic E-state index is 0.191. The topological polar surface area (TPSA) is 62.3 Å². The van der Waals surface area contributed by atoms with Crippen LogP contribution in [0.15, 0.2) is 0 Å². The molecule has 0 aromatic carbocycles. The maximum absolute atomic E-state index is 7.27. The van der Waals surface area contributed by atoms with Crippen molar-refractivity contribution in [3.05, 3.63) is 0 Å². The van der Waals surface area contributed by atoms with Crippen molar-refractivity contribution < 1.29 is 4.74 Å². The molecule has 1 aliphatic rings. The van der Waals surface area contributed by atoms with Crippen molar-refractivity contribution in [1.82, 2.24) is 4.90 Å². The largest absolute Gasteiger partial charge is 0.384 e. The Kier molecular flexibility index (Phi) is 3.34. The molecule has 1 rings (SSSR count). The van der Waals surface area contributed by atoms with Crippen molar-refractivity contribution in [3.8, 4) is 0 Å². The summed E-state index contributed by atoms with van der Waals surface area (Å²) in [6.07, 6.45) is 2.31. The molecule has 1 aliphatic heterocycles. The van der Waals surface area contributed by atoms with Crippen molar-refractivity contribution in [3.63, 3.8) is 0 Å². The van der Waals surface area contributed by atoms with Crippen LogP contribution in [0, 0.1) is 11.3 Å². The zero-order valence-electron chi connectivity index (χ0n) is 7.55. The molecule has 1 atom stereocenters. The molecular weight excluding hydrogens is 154 g/mol. The molecule has 0 saturated carbocycles. The van der Waals surface area contributed by atoms with E-state index in [2.05, 4.69) is 0 Å². The van der Waals surface area contributed by atoms with Crippen molar-refractivity contribution in [1.29, 1.82) is 5.41 Å². The summed E-state index contributed by atoms with van der Waals surface area (Å²) < 4.78 is 5.07. The third kappa shape index (κ3) is 2.37. The van der Waals surface area contributed by atoms with Crippen LogP contribution in [-0.2, 0) is 4.74 Å². The van der Waals surface area contributed by atoms with E-state index in [1.807, 2.05) is 4.90 Å². The highest BCUT2D eigenvalue weighted by Crippen LogP contribution is 2.15. The van der Waals surface area contributed by atoms with Gasteiger partial charge >= 0.3 is 0 Å². The Morgan fingerprint density at radius 2 is 2.50 bits per heavy atom. The number of rotatable bonds is 2. The lowest BCUT2D eigenvalue weighted by Gasteiger charge is -2.32. The summed E-state index contributed by atoms with van der Waals surface area (Å²) in [7, 11) is 1.71. The van der Waals surface area contributed by atoms with Gasteiger partial charge in [0.1, 0.15) is 0 Å². The van der Waals surface area contributed by atoms with Crippen LogP contribution in [0.5, 0.6) is 0 Å². The van der Waals surface area contributed by atoms with Gasteiger partial charge in [0.15, 0.2) is 5.96 Å². The lowest BCUT2D eigenvalue weighted by atomic mass is 9.99. The van der Waals surface area contributed by atoms with Gasteiger partial charge in [0.25, 0.3) is 0 Å². The normalized spacial score (nSPS) is 24.1. The summed E-state index contributed by atoms with van der Waals surface area (Å²) in [5.74, 6) is 0.739. The number of nitrogens with two attached hydrogens (primary N) is 1. The van der Waals surface area contributed by atoms with Crippen molar-refractivity contribution in [2.75, 3.05) is 26.8 Å². The Bertz CT molecular complexity index is 158. The summed E-state index contributed by atoms with van der Waals surface area (Å²) in [5.41, 5.74) is 5.39. The number of hydrogen-bond donors (Lipinski definition) is 2. The third-order valence-electron chi connectivity index (χ3n) is 2.26. The van der Waals surface area contributed by atoms with Gasteiger partial charge < -0.3 is 15.4 Å². The van der Waals surface area contributed by atoms with E-state index < -0.39 is 0 Å². The summed E-state index contributed by atoms with van der Waals surface area (Å²) in [6.45, 7) is 2.59. The molecule has 0 radical (unpaired) electrons. The number of nitrogens with zero attached hydrogens (tertiary/aromatic N) is 1. The van der Waals surface area contributed by atoms with E-state index in [4.69, 9.17) is 15.9 Å². The minimum Gasteiger partial charge on any atom is -0.384 e. The SMILES string of the molecule is COC[C@H]1CCCN(C(=N)N)C1. The second kappa shape index (κ2) is 4.30. The summed E-state index contributed by atoms with van der Waals surface area (Å²) >= 11 is 0. The molecule has 0 bridgehead atoms. The molecule has 0 unspecified atom stereocenters. The van der Waals surface area contributed by atoms with E-state index in [1.165, 1.54) is 6.42 Å². The van der Waals surface area contributed by atoms with Crippen LogP contribution in [0.2, 0.25) is 0 Å². The molecule has 4 heteroatoms. The molecule has 0 aromatic heterocycles. The van der Waals surface area contributed by atoms with Crippen LogP contribution in [-0.4, -0.2) is 37.7 Å². The van der Waals surface area contributed by atoms with Crippen LogP contribution in [0.3, 0.4) is 0 Å². The molecule has 4 nitrogen and oxygen atoms in total. The van der Waals surface area contributed by atoms with E-state index in [9.17, 15) is 0 Å². The lowest BCUT2D eigenvalue weighted by Crippen LogP contribution is -2.44. The van der Waals surface area contributed by atoms with Gasteiger partial charge in [-0.2, -0.15) is 0 Å². The Morgan fingerprint density at radius 1 is 1.75 bits per heavy atom. The van der Waals surface area contributed by atoms with Gasteiger partial charge in [0.2, 0.25) is 0 Å². The number of ether oxygens (including phenoxy) is 1. The van der Waals surface area contributed by atoms with Gasteiger partial charge in [-0.05, 0) is 18.8 Å². The molecule has 0 amide bonds. The first-order chi connectivity index (χ1) is 5.74. The minimum absolute atomic E-state index is 0.191. The maximum atomic E-state index is 7.27. The van der Waals surface area contributed by atoms with Gasteiger partial charge in [-0.15, -0.1) is 0 Å². The Labute approximate surface area is 73.2 Å². The molecule has 70 valence electrons. The van der Waals surface area contributed by atoms with Gasteiger partial charge in [0, 0.05) is 20.2 Å². The molecular formula is C8H17N3O. The average Bonchev–Trinajstić information content (AvgIpc) is 2.05. The van der Waals surface area contributed by atoms with Crippen molar-refractivity contribution >= 4 is 5.96 Å². The standard InChI is InChI=1S/C8H17N3O/c1-12-6-7-3-2-4-11(5-7)8(9)10/h7H,2-6H2,1H3,(H3,9,10)/t7-/m0/s1. The average molecular weight is 171 g/mol. The second-order valence-corrected chi connectivity index (χ2v) is 3.29. The second-order valence-electron chi connectivity index (χ2n) is 3.29.